The van der Waals surface area contributed by atoms with Gasteiger partial charge in [0, 0.05) is 30.5 Å². The molecule has 0 aliphatic carbocycles. The molecule has 3 aromatic heterocycles. The summed E-state index contributed by atoms with van der Waals surface area (Å²) < 4.78 is 15.4. The Balaban J connectivity index is 1.94. The first-order valence-corrected chi connectivity index (χ1v) is 15.0. The van der Waals surface area contributed by atoms with Crippen molar-refractivity contribution >= 4 is 36.9 Å². The zero-order valence-electron chi connectivity index (χ0n) is 21.8. The second-order valence-corrected chi connectivity index (χ2v) is 16.5. The fourth-order valence-electron chi connectivity index (χ4n) is 3.40. The minimum atomic E-state index is -1.83. The second-order valence-electron chi connectivity index (χ2n) is 11.3. The summed E-state index contributed by atoms with van der Waals surface area (Å²) in [5, 5.41) is 6.30. The van der Waals surface area contributed by atoms with Crippen molar-refractivity contribution in [3.63, 3.8) is 0 Å². The molecule has 186 valence electrons. The molecule has 0 spiro atoms. The van der Waals surface area contributed by atoms with E-state index in [-0.39, 0.29) is 11.1 Å². The summed E-state index contributed by atoms with van der Waals surface area (Å²) in [6.07, 6.45) is 3.75. The lowest BCUT2D eigenvalue weighted by molar-refractivity contribution is 0.0540. The van der Waals surface area contributed by atoms with Gasteiger partial charge >= 0.3 is 6.09 Å². The van der Waals surface area contributed by atoms with Crippen molar-refractivity contribution in [2.75, 3.05) is 6.61 Å². The monoisotopic (exact) mass is 504 g/mol. The fraction of sp³-hybridized carbons (Fsp3) is 0.560. The predicted octanol–water partition coefficient (Wildman–Crippen LogP) is 7.31. The Morgan fingerprint density at radius 2 is 1.88 bits per heavy atom. The summed E-state index contributed by atoms with van der Waals surface area (Å²) in [5.74, 6) is 0. The number of fused-ring (bicyclic) bond motifs is 1. The Hall–Kier alpha value is -2.16. The van der Waals surface area contributed by atoms with Crippen LogP contribution in [0.2, 0.25) is 23.3 Å². The molecular formula is C25H37ClN4O3Si. The Morgan fingerprint density at radius 1 is 1.21 bits per heavy atom. The molecular weight excluding hydrogens is 468 g/mol. The van der Waals surface area contributed by atoms with Gasteiger partial charge in [0.25, 0.3) is 0 Å². The minimum Gasteiger partial charge on any atom is -0.443 e. The quantitative estimate of drug-likeness (QED) is 0.260. The molecule has 0 N–H and O–H groups in total. The number of carbonyl (C=O) groups is 1. The first-order chi connectivity index (χ1) is 15.6. The van der Waals surface area contributed by atoms with E-state index >= 15 is 0 Å². The summed E-state index contributed by atoms with van der Waals surface area (Å²) in [7, 11) is -1.83. The predicted molar refractivity (Wildman–Crippen MR) is 140 cm³/mol. The number of rotatable bonds is 6. The van der Waals surface area contributed by atoms with Crippen LogP contribution in [0.4, 0.5) is 4.79 Å². The highest BCUT2D eigenvalue weighted by Crippen LogP contribution is 2.37. The van der Waals surface area contributed by atoms with Gasteiger partial charge in [-0.1, -0.05) is 32.4 Å². The summed E-state index contributed by atoms with van der Waals surface area (Å²) in [5.41, 5.74) is 1.57. The molecule has 9 heteroatoms. The number of hydrogen-bond acceptors (Lipinski definition) is 5. The number of carbonyl (C=O) groups excluding carboxylic acids is 1. The van der Waals surface area contributed by atoms with Gasteiger partial charge in [0.2, 0.25) is 0 Å². The van der Waals surface area contributed by atoms with Crippen molar-refractivity contribution in [2.24, 2.45) is 0 Å². The van der Waals surface area contributed by atoms with Crippen LogP contribution in [0, 0.1) is 0 Å². The summed E-state index contributed by atoms with van der Waals surface area (Å²) in [6.45, 7) is 19.5. The Bertz CT molecular complexity index is 1170. The third-order valence-corrected chi connectivity index (χ3v) is 11.1. The lowest BCUT2D eigenvalue weighted by Gasteiger charge is -2.36. The molecule has 1 unspecified atom stereocenters. The Kier molecular flexibility index (Phi) is 7.37. The third kappa shape index (κ3) is 5.72. The highest BCUT2D eigenvalue weighted by molar-refractivity contribution is 6.74. The normalized spacial score (nSPS) is 13.9. The van der Waals surface area contributed by atoms with Gasteiger partial charge in [-0.3, -0.25) is 9.25 Å². The van der Waals surface area contributed by atoms with Crippen molar-refractivity contribution in [2.45, 2.75) is 84.7 Å². The standard InChI is InChI=1S/C25H37ClN4O3Si/c1-17(12-14-32-34(8,9)25(5,6)7)30-20-15-21(26)27-16-18(20)22(28-30)19-11-10-13-29(19)23(31)33-24(2,3)4/h10-11,13,15-17H,12,14H2,1-9H3. The zero-order chi connectivity index (χ0) is 25.5. The average molecular weight is 505 g/mol. The molecule has 0 saturated heterocycles. The molecule has 0 aromatic carbocycles. The maximum absolute atomic E-state index is 12.8. The number of ether oxygens (including phenoxy) is 1. The molecule has 0 fully saturated rings. The van der Waals surface area contributed by atoms with Gasteiger partial charge in [0.1, 0.15) is 16.4 Å². The van der Waals surface area contributed by atoms with Gasteiger partial charge in [-0.2, -0.15) is 5.10 Å². The first kappa shape index (κ1) is 26.4. The first-order valence-electron chi connectivity index (χ1n) is 11.7. The summed E-state index contributed by atoms with van der Waals surface area (Å²) in [4.78, 5) is 17.1. The molecule has 34 heavy (non-hydrogen) atoms. The van der Waals surface area contributed by atoms with Gasteiger partial charge in [-0.05, 0) is 64.4 Å². The van der Waals surface area contributed by atoms with Crippen LogP contribution in [0.15, 0.2) is 30.6 Å². The topological polar surface area (TPSA) is 71.2 Å². The van der Waals surface area contributed by atoms with E-state index in [1.807, 2.05) is 43.7 Å². The fourth-order valence-corrected chi connectivity index (χ4v) is 4.61. The lowest BCUT2D eigenvalue weighted by atomic mass is 10.2. The average Bonchev–Trinajstić information content (AvgIpc) is 3.29. The van der Waals surface area contributed by atoms with Gasteiger partial charge in [-0.15, -0.1) is 0 Å². The van der Waals surface area contributed by atoms with E-state index in [1.165, 1.54) is 4.57 Å². The SMILES string of the molecule is CC(CCO[Si](C)(C)C(C)(C)C)n1nc(-c2cccn2C(=O)OC(C)(C)C)c2cnc(Cl)cc21. The smallest absolute Gasteiger partial charge is 0.419 e. The van der Waals surface area contributed by atoms with E-state index in [0.29, 0.717) is 23.1 Å². The van der Waals surface area contributed by atoms with Crippen LogP contribution >= 0.6 is 11.6 Å². The highest BCUT2D eigenvalue weighted by atomic mass is 35.5. The van der Waals surface area contributed by atoms with Crippen LogP contribution < -0.4 is 0 Å². The minimum absolute atomic E-state index is 0.0597. The van der Waals surface area contributed by atoms with E-state index in [0.717, 1.165) is 17.3 Å². The van der Waals surface area contributed by atoms with Crippen molar-refractivity contribution < 1.29 is 14.0 Å². The van der Waals surface area contributed by atoms with Gasteiger partial charge < -0.3 is 9.16 Å². The number of nitrogens with zero attached hydrogens (tertiary/aromatic N) is 4. The van der Waals surface area contributed by atoms with Crippen LogP contribution in [0.1, 0.15) is 60.9 Å². The molecule has 3 rings (SSSR count). The molecule has 0 bridgehead atoms. The van der Waals surface area contributed by atoms with Crippen LogP contribution in [0.25, 0.3) is 22.3 Å². The van der Waals surface area contributed by atoms with E-state index < -0.39 is 20.0 Å². The largest absolute Gasteiger partial charge is 0.443 e. The van der Waals surface area contributed by atoms with Crippen molar-refractivity contribution in [3.8, 4) is 11.4 Å². The number of aromatic nitrogens is 4. The Morgan fingerprint density at radius 3 is 2.50 bits per heavy atom. The van der Waals surface area contributed by atoms with Crippen LogP contribution in [0.3, 0.4) is 0 Å². The molecule has 0 amide bonds. The van der Waals surface area contributed by atoms with E-state index in [2.05, 4.69) is 45.8 Å². The van der Waals surface area contributed by atoms with Crippen molar-refractivity contribution in [1.29, 1.82) is 0 Å². The zero-order valence-corrected chi connectivity index (χ0v) is 23.5. The number of halogens is 1. The molecule has 3 aromatic rings. The molecule has 0 saturated carbocycles. The van der Waals surface area contributed by atoms with Gasteiger partial charge in [0.15, 0.2) is 8.32 Å². The maximum Gasteiger partial charge on any atom is 0.419 e. The van der Waals surface area contributed by atoms with Crippen LogP contribution in [-0.2, 0) is 9.16 Å². The third-order valence-electron chi connectivity index (χ3n) is 6.36. The van der Waals surface area contributed by atoms with Crippen molar-refractivity contribution in [1.82, 2.24) is 19.3 Å². The lowest BCUT2D eigenvalue weighted by Crippen LogP contribution is -2.41. The number of pyridine rings is 1. The summed E-state index contributed by atoms with van der Waals surface area (Å²) in [6, 6.07) is 5.54. The molecule has 0 aliphatic rings. The highest BCUT2D eigenvalue weighted by Gasteiger charge is 2.37. The molecule has 0 aliphatic heterocycles. The van der Waals surface area contributed by atoms with Gasteiger partial charge in [-0.25, -0.2) is 9.78 Å². The van der Waals surface area contributed by atoms with Crippen LogP contribution in [-0.4, -0.2) is 46.0 Å². The molecule has 7 nitrogen and oxygen atoms in total. The van der Waals surface area contributed by atoms with Crippen molar-refractivity contribution in [3.05, 3.63) is 35.7 Å². The summed E-state index contributed by atoms with van der Waals surface area (Å²) >= 11 is 6.25. The van der Waals surface area contributed by atoms with E-state index in [1.54, 1.807) is 12.4 Å². The second kappa shape index (κ2) is 9.47. The maximum atomic E-state index is 12.8. The van der Waals surface area contributed by atoms with Crippen LogP contribution in [0.5, 0.6) is 0 Å². The van der Waals surface area contributed by atoms with Gasteiger partial charge in [0.05, 0.1) is 17.3 Å². The van der Waals surface area contributed by atoms with E-state index in [4.69, 9.17) is 25.9 Å². The molecule has 1 atom stereocenters. The number of hydrogen-bond donors (Lipinski definition) is 0. The molecule has 3 heterocycles. The molecule has 0 radical (unpaired) electrons. The van der Waals surface area contributed by atoms with E-state index in [9.17, 15) is 4.79 Å². The Labute approximate surface area is 208 Å².